The molecule has 2 aromatic heterocycles. The molecule has 1 aliphatic rings. The summed E-state index contributed by atoms with van der Waals surface area (Å²) in [7, 11) is 3.51. The Morgan fingerprint density at radius 3 is 2.24 bits per heavy atom. The van der Waals surface area contributed by atoms with E-state index in [9.17, 15) is 4.79 Å². The van der Waals surface area contributed by atoms with Crippen molar-refractivity contribution in [2.45, 2.75) is 0 Å². The molecular weight excluding hydrogens is 364 g/mol. The molecule has 3 heterocycles. The molecule has 1 aromatic carbocycles. The molecule has 1 aliphatic heterocycles. The maximum absolute atomic E-state index is 12.5. The number of nitrogens with zero attached hydrogens (tertiary/aromatic N) is 4. The van der Waals surface area contributed by atoms with Gasteiger partial charge in [-0.05, 0) is 35.9 Å². The largest absolute Gasteiger partial charge is 0.465 e. The highest BCUT2D eigenvalue weighted by Gasteiger charge is 2.22. The van der Waals surface area contributed by atoms with Gasteiger partial charge in [0.2, 0.25) is 0 Å². The standard InChI is InChI=1S/C23H24N4O2/c1-26-10-12-27(13-11-26)22-21(23(28)29-2)14-20(16-25-22)18-7-5-17(6-8-18)19-4-3-9-24-15-19/h3-9,14-16H,10-13H2,1-2H3. The van der Waals surface area contributed by atoms with Crippen molar-refractivity contribution in [3.8, 4) is 22.3 Å². The van der Waals surface area contributed by atoms with Crippen molar-refractivity contribution in [2.75, 3.05) is 45.2 Å². The number of likely N-dealkylation sites (N-methyl/N-ethyl adjacent to an activating group) is 1. The molecule has 6 nitrogen and oxygen atoms in total. The molecule has 0 saturated carbocycles. The second-order valence-corrected chi connectivity index (χ2v) is 7.20. The lowest BCUT2D eigenvalue weighted by Crippen LogP contribution is -2.45. The van der Waals surface area contributed by atoms with Gasteiger partial charge in [-0.3, -0.25) is 4.98 Å². The number of anilines is 1. The summed E-state index contributed by atoms with van der Waals surface area (Å²) in [6.45, 7) is 3.57. The minimum Gasteiger partial charge on any atom is -0.465 e. The molecule has 0 aliphatic carbocycles. The number of piperazine rings is 1. The molecule has 0 N–H and O–H groups in total. The molecule has 0 radical (unpaired) electrons. The molecule has 0 amide bonds. The molecule has 0 unspecified atom stereocenters. The third-order valence-corrected chi connectivity index (χ3v) is 5.29. The lowest BCUT2D eigenvalue weighted by atomic mass is 10.0. The van der Waals surface area contributed by atoms with Gasteiger partial charge in [0.05, 0.1) is 7.11 Å². The summed E-state index contributed by atoms with van der Waals surface area (Å²) in [4.78, 5) is 25.7. The van der Waals surface area contributed by atoms with Crippen molar-refractivity contribution < 1.29 is 9.53 Å². The van der Waals surface area contributed by atoms with Gasteiger partial charge in [-0.2, -0.15) is 0 Å². The topological polar surface area (TPSA) is 58.6 Å². The fourth-order valence-corrected chi connectivity index (χ4v) is 3.53. The molecule has 1 saturated heterocycles. The fourth-order valence-electron chi connectivity index (χ4n) is 3.53. The van der Waals surface area contributed by atoms with E-state index >= 15 is 0 Å². The highest BCUT2D eigenvalue weighted by atomic mass is 16.5. The van der Waals surface area contributed by atoms with E-state index in [0.29, 0.717) is 11.4 Å². The predicted molar refractivity (Wildman–Crippen MR) is 114 cm³/mol. The van der Waals surface area contributed by atoms with Gasteiger partial charge in [0.1, 0.15) is 11.4 Å². The Morgan fingerprint density at radius 2 is 1.62 bits per heavy atom. The third kappa shape index (κ3) is 4.12. The van der Waals surface area contributed by atoms with Crippen molar-refractivity contribution in [3.63, 3.8) is 0 Å². The van der Waals surface area contributed by atoms with Gasteiger partial charge < -0.3 is 14.5 Å². The number of hydrogen-bond acceptors (Lipinski definition) is 6. The maximum atomic E-state index is 12.5. The van der Waals surface area contributed by atoms with Crippen LogP contribution in [0.5, 0.6) is 0 Å². The number of aromatic nitrogens is 2. The highest BCUT2D eigenvalue weighted by molar-refractivity contribution is 5.96. The minimum atomic E-state index is -0.361. The second-order valence-electron chi connectivity index (χ2n) is 7.20. The van der Waals surface area contributed by atoms with E-state index in [4.69, 9.17) is 4.74 Å². The van der Waals surface area contributed by atoms with Crippen LogP contribution in [0.2, 0.25) is 0 Å². The zero-order valence-electron chi connectivity index (χ0n) is 16.7. The van der Waals surface area contributed by atoms with Crippen LogP contribution in [0.4, 0.5) is 5.82 Å². The summed E-state index contributed by atoms with van der Waals surface area (Å²) in [5.41, 5.74) is 4.56. The highest BCUT2D eigenvalue weighted by Crippen LogP contribution is 2.28. The van der Waals surface area contributed by atoms with Crippen LogP contribution in [0.15, 0.2) is 61.1 Å². The Hall–Kier alpha value is -3.25. The first-order valence-corrected chi connectivity index (χ1v) is 9.68. The van der Waals surface area contributed by atoms with E-state index in [-0.39, 0.29) is 5.97 Å². The molecule has 0 bridgehead atoms. The monoisotopic (exact) mass is 388 g/mol. The number of methoxy groups -OCH3 is 1. The summed E-state index contributed by atoms with van der Waals surface area (Å²) >= 11 is 0. The van der Waals surface area contributed by atoms with Gasteiger partial charge in [-0.1, -0.05) is 30.3 Å². The van der Waals surface area contributed by atoms with Gasteiger partial charge in [0.15, 0.2) is 0 Å². The van der Waals surface area contributed by atoms with E-state index in [2.05, 4.69) is 38.9 Å². The number of pyridine rings is 2. The number of hydrogen-bond donors (Lipinski definition) is 0. The summed E-state index contributed by atoms with van der Waals surface area (Å²) in [5, 5.41) is 0. The number of ether oxygens (including phenoxy) is 1. The normalized spacial score (nSPS) is 14.6. The number of esters is 1. The molecule has 3 aromatic rings. The van der Waals surface area contributed by atoms with Crippen molar-refractivity contribution in [2.24, 2.45) is 0 Å². The molecular formula is C23H24N4O2. The molecule has 1 fully saturated rings. The van der Waals surface area contributed by atoms with E-state index in [0.717, 1.165) is 48.4 Å². The first kappa shape index (κ1) is 19.1. The predicted octanol–water partition coefficient (Wildman–Crippen LogP) is 3.35. The van der Waals surface area contributed by atoms with E-state index < -0.39 is 0 Å². The minimum absolute atomic E-state index is 0.361. The number of rotatable bonds is 4. The van der Waals surface area contributed by atoms with Crippen molar-refractivity contribution in [3.05, 3.63) is 66.6 Å². The number of carbonyl (C=O) groups is 1. The molecule has 29 heavy (non-hydrogen) atoms. The summed E-state index contributed by atoms with van der Waals surface area (Å²) < 4.78 is 5.03. The lowest BCUT2D eigenvalue weighted by molar-refractivity contribution is 0.0601. The zero-order chi connectivity index (χ0) is 20.2. The first-order valence-electron chi connectivity index (χ1n) is 9.68. The van der Waals surface area contributed by atoms with Crippen molar-refractivity contribution >= 4 is 11.8 Å². The van der Waals surface area contributed by atoms with Crippen LogP contribution in [0.1, 0.15) is 10.4 Å². The molecule has 0 spiro atoms. The van der Waals surface area contributed by atoms with E-state index in [1.807, 2.05) is 42.7 Å². The Labute approximate surface area is 170 Å². The molecule has 6 heteroatoms. The lowest BCUT2D eigenvalue weighted by Gasteiger charge is -2.34. The maximum Gasteiger partial charge on any atom is 0.341 e. The Kier molecular flexibility index (Phi) is 5.53. The zero-order valence-corrected chi connectivity index (χ0v) is 16.7. The average Bonchev–Trinajstić information content (AvgIpc) is 2.79. The van der Waals surface area contributed by atoms with Crippen LogP contribution in [-0.2, 0) is 4.74 Å². The molecule has 0 atom stereocenters. The van der Waals surface area contributed by atoms with Gasteiger partial charge in [0.25, 0.3) is 0 Å². The van der Waals surface area contributed by atoms with Gasteiger partial charge in [-0.15, -0.1) is 0 Å². The molecule has 4 rings (SSSR count). The Morgan fingerprint density at radius 1 is 0.931 bits per heavy atom. The summed E-state index contributed by atoms with van der Waals surface area (Å²) in [6, 6.07) is 14.0. The van der Waals surface area contributed by atoms with Crippen LogP contribution < -0.4 is 4.90 Å². The second kappa shape index (κ2) is 8.41. The Bertz CT molecular complexity index is 982. The van der Waals surface area contributed by atoms with Crippen molar-refractivity contribution in [1.29, 1.82) is 0 Å². The van der Waals surface area contributed by atoms with Gasteiger partial charge in [-0.25, -0.2) is 9.78 Å². The third-order valence-electron chi connectivity index (χ3n) is 5.29. The smallest absolute Gasteiger partial charge is 0.341 e. The first-order chi connectivity index (χ1) is 14.2. The summed E-state index contributed by atoms with van der Waals surface area (Å²) in [6.07, 6.45) is 5.44. The number of benzene rings is 1. The Balaban J connectivity index is 1.65. The van der Waals surface area contributed by atoms with Crippen LogP contribution in [0.3, 0.4) is 0 Å². The van der Waals surface area contributed by atoms with Gasteiger partial charge >= 0.3 is 5.97 Å². The quantitative estimate of drug-likeness (QED) is 0.639. The fraction of sp³-hybridized carbons (Fsp3) is 0.261. The van der Waals surface area contributed by atoms with Crippen LogP contribution >= 0.6 is 0 Å². The van der Waals surface area contributed by atoms with Crippen molar-refractivity contribution in [1.82, 2.24) is 14.9 Å². The summed E-state index contributed by atoms with van der Waals surface area (Å²) in [5.74, 6) is 0.334. The van der Waals surface area contributed by atoms with Gasteiger partial charge in [0, 0.05) is 50.3 Å². The number of carbonyl (C=O) groups excluding carboxylic acids is 1. The SMILES string of the molecule is COC(=O)c1cc(-c2ccc(-c3cccnc3)cc2)cnc1N1CCN(C)CC1. The van der Waals surface area contributed by atoms with E-state index in [1.54, 1.807) is 6.20 Å². The van der Waals surface area contributed by atoms with Crippen LogP contribution in [0.25, 0.3) is 22.3 Å². The van der Waals surface area contributed by atoms with Crippen LogP contribution in [-0.4, -0.2) is 61.2 Å². The molecule has 148 valence electrons. The average molecular weight is 388 g/mol. The van der Waals surface area contributed by atoms with E-state index in [1.165, 1.54) is 7.11 Å². The van der Waals surface area contributed by atoms with Crippen LogP contribution in [0, 0.1) is 0 Å².